The van der Waals surface area contributed by atoms with E-state index in [0.29, 0.717) is 17.5 Å². The van der Waals surface area contributed by atoms with Gasteiger partial charge in [-0.1, -0.05) is 166 Å². The fourth-order valence-electron chi connectivity index (χ4n) is 8.13. The molecule has 1 aliphatic carbocycles. The predicted octanol–water partition coefficient (Wildman–Crippen LogP) is 12.3. The molecule has 0 atom stereocenters. The van der Waals surface area contributed by atoms with E-state index in [1.807, 2.05) is 18.2 Å². The third-order valence-electron chi connectivity index (χ3n) is 10.7. The minimum absolute atomic E-state index is 0.0613. The minimum atomic E-state index is -0.0613. The summed E-state index contributed by atoms with van der Waals surface area (Å²) in [5.41, 5.74) is 10.4. The summed E-state index contributed by atoms with van der Waals surface area (Å²) in [6.07, 6.45) is 0. The van der Waals surface area contributed by atoms with Crippen LogP contribution in [0.2, 0.25) is 0 Å². The molecule has 0 spiro atoms. The molecule has 9 aromatic rings. The maximum absolute atomic E-state index is 5.13. The molecule has 1 aliphatic rings. The van der Waals surface area contributed by atoms with Crippen LogP contribution in [0.3, 0.4) is 0 Å². The van der Waals surface area contributed by atoms with Gasteiger partial charge in [-0.15, -0.1) is 0 Å². The number of benzene rings is 8. The van der Waals surface area contributed by atoms with Crippen LogP contribution in [0.1, 0.15) is 25.0 Å². The van der Waals surface area contributed by atoms with Crippen molar-refractivity contribution in [3.63, 3.8) is 0 Å². The third kappa shape index (κ3) is 4.69. The summed E-state index contributed by atoms with van der Waals surface area (Å²) in [7, 11) is 0. The first-order chi connectivity index (χ1) is 25.0. The van der Waals surface area contributed by atoms with Gasteiger partial charge < -0.3 is 0 Å². The minimum Gasteiger partial charge on any atom is -0.208 e. The molecule has 8 aromatic carbocycles. The summed E-state index contributed by atoms with van der Waals surface area (Å²) in [5.74, 6) is 1.98. The molecular formula is C48H33N3. The quantitative estimate of drug-likeness (QED) is 0.140. The van der Waals surface area contributed by atoms with E-state index in [0.717, 1.165) is 22.3 Å². The molecule has 3 nitrogen and oxygen atoms in total. The van der Waals surface area contributed by atoms with E-state index in [9.17, 15) is 0 Å². The Morgan fingerprint density at radius 2 is 0.922 bits per heavy atom. The standard InChI is InChI=1S/C48H33N3/c1-48(2)42-19-11-10-18-38(42)41-29-35(25-27-43(41)48)47-50-45(32-13-4-3-5-14-32)49-46(51-47)33-22-20-31(21-23-33)44-37-17-9-7-15-34(37)28-40-36-16-8-6-12-30(36)24-26-39(40)44/h3-29H,1-2H3. The molecule has 1 aromatic heterocycles. The zero-order chi connectivity index (χ0) is 34.1. The molecule has 0 saturated carbocycles. The van der Waals surface area contributed by atoms with Gasteiger partial charge in [0.1, 0.15) is 0 Å². The van der Waals surface area contributed by atoms with Gasteiger partial charge in [0.15, 0.2) is 17.5 Å². The highest BCUT2D eigenvalue weighted by Gasteiger charge is 2.35. The van der Waals surface area contributed by atoms with Crippen molar-refractivity contribution >= 4 is 32.3 Å². The van der Waals surface area contributed by atoms with E-state index in [-0.39, 0.29) is 5.41 Å². The first-order valence-electron chi connectivity index (χ1n) is 17.5. The Kier molecular flexibility index (Phi) is 6.53. The fraction of sp³-hybridized carbons (Fsp3) is 0.0625. The lowest BCUT2D eigenvalue weighted by Crippen LogP contribution is -2.14. The lowest BCUT2D eigenvalue weighted by molar-refractivity contribution is 0.660. The van der Waals surface area contributed by atoms with Gasteiger partial charge in [-0.05, 0) is 77.8 Å². The van der Waals surface area contributed by atoms with Crippen molar-refractivity contribution in [3.05, 3.63) is 175 Å². The second kappa shape index (κ2) is 11.3. The van der Waals surface area contributed by atoms with Crippen molar-refractivity contribution in [2.24, 2.45) is 0 Å². The van der Waals surface area contributed by atoms with Crippen LogP contribution in [-0.4, -0.2) is 15.0 Å². The molecule has 0 N–H and O–H groups in total. The van der Waals surface area contributed by atoms with Crippen molar-refractivity contribution in [3.8, 4) is 56.4 Å². The van der Waals surface area contributed by atoms with E-state index in [1.165, 1.54) is 60.1 Å². The SMILES string of the molecule is CC1(C)c2ccccc2-c2cc(-c3nc(-c4ccccc4)nc(-c4ccc(-c5c6ccccc6cc6c5ccc5ccccc56)cc4)n3)ccc21. The Hall–Kier alpha value is -6.45. The van der Waals surface area contributed by atoms with E-state index in [2.05, 4.69) is 159 Å². The molecule has 3 heteroatoms. The van der Waals surface area contributed by atoms with E-state index < -0.39 is 0 Å². The van der Waals surface area contributed by atoms with Crippen LogP contribution < -0.4 is 0 Å². The highest BCUT2D eigenvalue weighted by Crippen LogP contribution is 2.49. The largest absolute Gasteiger partial charge is 0.208 e. The topological polar surface area (TPSA) is 38.7 Å². The molecule has 0 unspecified atom stereocenters. The van der Waals surface area contributed by atoms with Gasteiger partial charge >= 0.3 is 0 Å². The lowest BCUT2D eigenvalue weighted by atomic mass is 9.82. The van der Waals surface area contributed by atoms with Gasteiger partial charge in [0.25, 0.3) is 0 Å². The van der Waals surface area contributed by atoms with Crippen molar-refractivity contribution in [2.75, 3.05) is 0 Å². The van der Waals surface area contributed by atoms with Crippen LogP contribution in [0, 0.1) is 0 Å². The number of aromatic nitrogens is 3. The summed E-state index contributed by atoms with van der Waals surface area (Å²) in [4.78, 5) is 15.2. The zero-order valence-corrected chi connectivity index (χ0v) is 28.4. The van der Waals surface area contributed by atoms with E-state index in [4.69, 9.17) is 15.0 Å². The average molecular weight is 652 g/mol. The van der Waals surface area contributed by atoms with Gasteiger partial charge in [0.2, 0.25) is 0 Å². The molecule has 0 radical (unpaired) electrons. The summed E-state index contributed by atoms with van der Waals surface area (Å²) in [5, 5.41) is 7.50. The highest BCUT2D eigenvalue weighted by molar-refractivity contribution is 6.20. The molecule has 0 amide bonds. The van der Waals surface area contributed by atoms with E-state index >= 15 is 0 Å². The Balaban J connectivity index is 1.12. The highest BCUT2D eigenvalue weighted by atomic mass is 15.0. The van der Waals surface area contributed by atoms with Gasteiger partial charge in [-0.2, -0.15) is 0 Å². The molecule has 0 aliphatic heterocycles. The smallest absolute Gasteiger partial charge is 0.164 e. The van der Waals surface area contributed by atoms with Gasteiger partial charge in [0.05, 0.1) is 0 Å². The first-order valence-corrected chi connectivity index (χ1v) is 17.5. The summed E-state index contributed by atoms with van der Waals surface area (Å²) in [6, 6.07) is 58.5. The Morgan fingerprint density at radius 1 is 0.353 bits per heavy atom. The number of nitrogens with zero attached hydrogens (tertiary/aromatic N) is 3. The average Bonchev–Trinajstić information content (AvgIpc) is 3.42. The molecule has 1 heterocycles. The molecule has 0 fully saturated rings. The number of rotatable bonds is 4. The number of hydrogen-bond donors (Lipinski definition) is 0. The zero-order valence-electron chi connectivity index (χ0n) is 28.4. The van der Waals surface area contributed by atoms with Gasteiger partial charge in [-0.3, -0.25) is 0 Å². The second-order valence-electron chi connectivity index (χ2n) is 14.0. The molecule has 0 saturated heterocycles. The molecule has 10 rings (SSSR count). The predicted molar refractivity (Wildman–Crippen MR) is 212 cm³/mol. The van der Waals surface area contributed by atoms with Crippen LogP contribution in [-0.2, 0) is 5.41 Å². The van der Waals surface area contributed by atoms with Crippen LogP contribution in [0.5, 0.6) is 0 Å². The molecular weight excluding hydrogens is 619 g/mol. The maximum Gasteiger partial charge on any atom is 0.164 e. The van der Waals surface area contributed by atoms with Crippen LogP contribution in [0.4, 0.5) is 0 Å². The van der Waals surface area contributed by atoms with Crippen molar-refractivity contribution < 1.29 is 0 Å². The summed E-state index contributed by atoms with van der Waals surface area (Å²) >= 11 is 0. The van der Waals surface area contributed by atoms with Crippen LogP contribution >= 0.6 is 0 Å². The number of fused-ring (bicyclic) bond motifs is 7. The van der Waals surface area contributed by atoms with Gasteiger partial charge in [0, 0.05) is 22.1 Å². The van der Waals surface area contributed by atoms with Gasteiger partial charge in [-0.25, -0.2) is 15.0 Å². The van der Waals surface area contributed by atoms with E-state index in [1.54, 1.807) is 0 Å². The monoisotopic (exact) mass is 651 g/mol. The first kappa shape index (κ1) is 29.5. The summed E-state index contributed by atoms with van der Waals surface area (Å²) < 4.78 is 0. The van der Waals surface area contributed by atoms with Crippen molar-refractivity contribution in [1.82, 2.24) is 15.0 Å². The normalized spacial score (nSPS) is 13.1. The molecule has 51 heavy (non-hydrogen) atoms. The van der Waals surface area contributed by atoms with Crippen LogP contribution in [0.25, 0.3) is 88.7 Å². The Labute approximate surface area is 297 Å². The fourth-order valence-corrected chi connectivity index (χ4v) is 8.13. The van der Waals surface area contributed by atoms with Crippen LogP contribution in [0.15, 0.2) is 164 Å². The van der Waals surface area contributed by atoms with Crippen molar-refractivity contribution in [2.45, 2.75) is 19.3 Å². The van der Waals surface area contributed by atoms with Crippen molar-refractivity contribution in [1.29, 1.82) is 0 Å². The molecule has 240 valence electrons. The Morgan fingerprint density at radius 3 is 1.71 bits per heavy atom. The third-order valence-corrected chi connectivity index (χ3v) is 10.7. The Bertz CT molecular complexity index is 2820. The molecule has 0 bridgehead atoms. The summed E-state index contributed by atoms with van der Waals surface area (Å²) in [6.45, 7) is 4.61. The second-order valence-corrected chi connectivity index (χ2v) is 14.0. The number of hydrogen-bond acceptors (Lipinski definition) is 3. The maximum atomic E-state index is 5.13. The lowest BCUT2D eigenvalue weighted by Gasteiger charge is -2.21.